The van der Waals surface area contributed by atoms with Gasteiger partial charge in [-0.1, -0.05) is 0 Å². The Morgan fingerprint density at radius 3 is 2.80 bits per heavy atom. The highest BCUT2D eigenvalue weighted by Gasteiger charge is 2.46. The summed E-state index contributed by atoms with van der Waals surface area (Å²) in [7, 11) is 1.69. The minimum Gasteiger partial charge on any atom is -0.393 e. The predicted octanol–water partition coefficient (Wildman–Crippen LogP) is 2.68. The van der Waals surface area contributed by atoms with Gasteiger partial charge in [-0.25, -0.2) is 13.8 Å². The Morgan fingerprint density at radius 2 is 2.09 bits per heavy atom. The van der Waals surface area contributed by atoms with E-state index in [0.717, 1.165) is 19.3 Å². The number of hydrogen-bond donors (Lipinski definition) is 4. The Morgan fingerprint density at radius 1 is 1.29 bits per heavy atom. The lowest BCUT2D eigenvalue weighted by molar-refractivity contribution is -0.104. The molecule has 0 bridgehead atoms. The number of aliphatic hydroxyl groups excluding tert-OH is 1. The number of amides is 1. The van der Waals surface area contributed by atoms with Gasteiger partial charge in [0.15, 0.2) is 5.65 Å². The number of hydrogen-bond acceptors (Lipinski definition) is 7. The summed E-state index contributed by atoms with van der Waals surface area (Å²) in [5.74, 6) is -2.27. The van der Waals surface area contributed by atoms with Gasteiger partial charge in [-0.15, -0.1) is 0 Å². The fourth-order valence-corrected chi connectivity index (χ4v) is 4.78. The maximum Gasteiger partial charge on any atom is 0.274 e. The number of carbonyl (C=O) groups excluding carboxylic acids is 1. The average Bonchev–Trinajstić information content (AvgIpc) is 3.22. The van der Waals surface area contributed by atoms with Crippen LogP contribution in [0, 0.1) is 0 Å². The van der Waals surface area contributed by atoms with Crippen LogP contribution >= 0.6 is 0 Å². The Hall–Kier alpha value is -3.54. The van der Waals surface area contributed by atoms with Crippen LogP contribution in [0.15, 0.2) is 35.4 Å². The molecule has 2 aliphatic rings. The van der Waals surface area contributed by atoms with Crippen molar-refractivity contribution in [1.29, 1.82) is 0 Å². The minimum atomic E-state index is -2.74. The molecule has 2 saturated carbocycles. The molecular weight excluding hydrogens is 460 g/mol. The third-order valence-corrected chi connectivity index (χ3v) is 6.65. The molecule has 35 heavy (non-hydrogen) atoms. The van der Waals surface area contributed by atoms with Crippen LogP contribution in [0.5, 0.6) is 0 Å². The zero-order chi connectivity index (χ0) is 24.7. The molecule has 2 atom stereocenters. The Balaban J connectivity index is 1.43. The van der Waals surface area contributed by atoms with Crippen LogP contribution in [0.25, 0.3) is 5.65 Å². The van der Waals surface area contributed by atoms with Gasteiger partial charge in [0.25, 0.3) is 17.4 Å². The van der Waals surface area contributed by atoms with E-state index >= 15 is 0 Å². The Bertz CT molecular complexity index is 1310. The standard InChI is InChI=1S/C23H27F2N7O3/c1-26-19-9-18(29-17-6-3-7-31(22(17)35)14-10-23(24,25)11-14)30-20-16(12-27-32(19)20)21(34)28-13-4-2-5-15(33)8-13/h3,6-7,9,12-15,26,33H,2,4-5,8,10-11H2,1H3,(H,28,34)(H,29,30)/t13-,15-/m1/s1. The van der Waals surface area contributed by atoms with Gasteiger partial charge in [-0.3, -0.25) is 9.59 Å². The normalized spacial score (nSPS) is 21.9. The van der Waals surface area contributed by atoms with Crippen molar-refractivity contribution in [1.82, 2.24) is 24.5 Å². The van der Waals surface area contributed by atoms with Crippen LogP contribution in [-0.4, -0.2) is 55.3 Å². The first-order chi connectivity index (χ1) is 16.7. The number of nitrogens with one attached hydrogen (secondary N) is 3. The van der Waals surface area contributed by atoms with Gasteiger partial charge in [0.1, 0.15) is 22.9 Å². The summed E-state index contributed by atoms with van der Waals surface area (Å²) in [5, 5.41) is 23.1. The van der Waals surface area contributed by atoms with Crippen LogP contribution in [0.1, 0.15) is 54.9 Å². The van der Waals surface area contributed by atoms with E-state index in [0.29, 0.717) is 18.1 Å². The number of halogens is 2. The zero-order valence-electron chi connectivity index (χ0n) is 19.2. The highest BCUT2D eigenvalue weighted by atomic mass is 19.3. The summed E-state index contributed by atoms with van der Waals surface area (Å²) in [6, 6.07) is 4.12. The van der Waals surface area contributed by atoms with Crippen molar-refractivity contribution in [3.05, 3.63) is 46.5 Å². The second kappa shape index (κ2) is 8.91. The lowest BCUT2D eigenvalue weighted by Gasteiger charge is -2.36. The molecule has 0 aromatic carbocycles. The smallest absolute Gasteiger partial charge is 0.274 e. The van der Waals surface area contributed by atoms with Crippen LogP contribution in [0.4, 0.5) is 26.1 Å². The van der Waals surface area contributed by atoms with Gasteiger partial charge < -0.3 is 25.6 Å². The number of alkyl halides is 2. The van der Waals surface area contributed by atoms with Crippen molar-refractivity contribution in [2.24, 2.45) is 0 Å². The van der Waals surface area contributed by atoms with Crippen molar-refractivity contribution in [2.75, 3.05) is 17.7 Å². The number of aromatic nitrogens is 4. The van der Waals surface area contributed by atoms with Crippen LogP contribution in [0.3, 0.4) is 0 Å². The summed E-state index contributed by atoms with van der Waals surface area (Å²) in [4.78, 5) is 30.4. The topological polar surface area (TPSA) is 126 Å². The molecule has 2 aliphatic carbocycles. The molecule has 1 amide bonds. The molecule has 0 aliphatic heterocycles. The first kappa shape index (κ1) is 23.2. The molecule has 4 N–H and O–H groups in total. The van der Waals surface area contributed by atoms with E-state index in [2.05, 4.69) is 26.0 Å². The molecule has 0 radical (unpaired) electrons. The molecule has 5 rings (SSSR count). The number of pyridine rings is 1. The molecule has 3 aromatic heterocycles. The van der Waals surface area contributed by atoms with Gasteiger partial charge >= 0.3 is 0 Å². The molecule has 10 nitrogen and oxygen atoms in total. The molecule has 0 saturated heterocycles. The third-order valence-electron chi connectivity index (χ3n) is 6.65. The van der Waals surface area contributed by atoms with Crippen LogP contribution in [-0.2, 0) is 0 Å². The number of aliphatic hydroxyl groups is 1. The summed E-state index contributed by atoms with van der Waals surface area (Å²) in [6.07, 6.45) is 4.63. The first-order valence-electron chi connectivity index (χ1n) is 11.7. The SMILES string of the molecule is CNc1cc(Nc2cccn(C3CC(F)(F)C3)c2=O)nc2c(C(=O)N[C@@H]3CCC[C@@H](O)C3)cnn12. The van der Waals surface area contributed by atoms with Crippen molar-refractivity contribution in [2.45, 2.75) is 62.6 Å². The maximum atomic E-state index is 13.3. The molecule has 3 aromatic rings. The van der Waals surface area contributed by atoms with Gasteiger partial charge in [-0.05, 0) is 37.8 Å². The summed E-state index contributed by atoms with van der Waals surface area (Å²) in [5.41, 5.74) is 0.293. The highest BCUT2D eigenvalue weighted by molar-refractivity contribution is 6.00. The molecular formula is C23H27F2N7O3. The fourth-order valence-electron chi connectivity index (χ4n) is 4.78. The van der Waals surface area contributed by atoms with Gasteiger partial charge in [0.2, 0.25) is 0 Å². The largest absolute Gasteiger partial charge is 0.393 e. The van der Waals surface area contributed by atoms with E-state index in [1.54, 1.807) is 25.2 Å². The average molecular weight is 488 g/mol. The van der Waals surface area contributed by atoms with E-state index in [4.69, 9.17) is 0 Å². The van der Waals surface area contributed by atoms with Crippen LogP contribution < -0.4 is 21.5 Å². The number of nitrogens with zero attached hydrogens (tertiary/aromatic N) is 4. The van der Waals surface area contributed by atoms with E-state index in [1.165, 1.54) is 21.5 Å². The quantitative estimate of drug-likeness (QED) is 0.421. The molecule has 12 heteroatoms. The summed E-state index contributed by atoms with van der Waals surface area (Å²) >= 11 is 0. The van der Waals surface area contributed by atoms with E-state index in [1.807, 2.05) is 0 Å². The number of fused-ring (bicyclic) bond motifs is 1. The second-order valence-electron chi connectivity index (χ2n) is 9.24. The zero-order valence-corrected chi connectivity index (χ0v) is 19.2. The Labute approximate surface area is 199 Å². The molecule has 2 fully saturated rings. The molecule has 3 heterocycles. The minimum absolute atomic E-state index is 0.132. The highest BCUT2D eigenvalue weighted by Crippen LogP contribution is 2.44. The maximum absolute atomic E-state index is 13.3. The van der Waals surface area contributed by atoms with Crippen molar-refractivity contribution >= 4 is 28.9 Å². The Kier molecular flexibility index (Phi) is 5.91. The van der Waals surface area contributed by atoms with E-state index in [-0.39, 0.29) is 41.7 Å². The van der Waals surface area contributed by atoms with Gasteiger partial charge in [-0.2, -0.15) is 9.61 Å². The third kappa shape index (κ3) is 4.57. The first-order valence-corrected chi connectivity index (χ1v) is 11.7. The molecule has 0 spiro atoms. The summed E-state index contributed by atoms with van der Waals surface area (Å²) < 4.78 is 29.4. The predicted molar refractivity (Wildman–Crippen MR) is 125 cm³/mol. The molecule has 0 unspecified atom stereocenters. The molecule has 186 valence electrons. The van der Waals surface area contributed by atoms with Gasteiger partial charge in [0, 0.05) is 44.2 Å². The number of anilines is 3. The lowest BCUT2D eigenvalue weighted by Crippen LogP contribution is -2.41. The van der Waals surface area contributed by atoms with Crippen molar-refractivity contribution in [3.63, 3.8) is 0 Å². The van der Waals surface area contributed by atoms with Crippen molar-refractivity contribution < 1.29 is 18.7 Å². The van der Waals surface area contributed by atoms with E-state index < -0.39 is 23.6 Å². The fraction of sp³-hybridized carbons (Fsp3) is 0.478. The number of rotatable bonds is 6. The van der Waals surface area contributed by atoms with E-state index in [9.17, 15) is 23.5 Å². The second-order valence-corrected chi connectivity index (χ2v) is 9.24. The van der Waals surface area contributed by atoms with Crippen molar-refractivity contribution in [3.8, 4) is 0 Å². The van der Waals surface area contributed by atoms with Crippen LogP contribution in [0.2, 0.25) is 0 Å². The number of carbonyl (C=O) groups is 1. The monoisotopic (exact) mass is 487 g/mol. The van der Waals surface area contributed by atoms with Gasteiger partial charge in [0.05, 0.1) is 12.3 Å². The lowest BCUT2D eigenvalue weighted by atomic mass is 9.88. The summed E-state index contributed by atoms with van der Waals surface area (Å²) in [6.45, 7) is 0.